The highest BCUT2D eigenvalue weighted by molar-refractivity contribution is 8.00. The third kappa shape index (κ3) is 4.24. The van der Waals surface area contributed by atoms with E-state index in [-0.39, 0.29) is 17.3 Å². The molecule has 1 aliphatic heterocycles. The van der Waals surface area contributed by atoms with Gasteiger partial charge in [-0.3, -0.25) is 4.79 Å². The Balaban J connectivity index is 1.83. The van der Waals surface area contributed by atoms with Crippen LogP contribution in [0.4, 0.5) is 11.6 Å². The van der Waals surface area contributed by atoms with Gasteiger partial charge in [0.1, 0.15) is 11.6 Å². The standard InChI is InChI=1S/C12H19N5O2S/c1-7(11(18)15-6-8-3-2-4-19-8)20-12-16-9(13)5-10(14)17-12/h5,7-8H,2-4,6H2,1H3,(H,15,18)(H4,13,14,16,17)/t7-,8-/m0/s1. The first-order valence-electron chi connectivity index (χ1n) is 6.50. The minimum atomic E-state index is -0.322. The molecule has 7 nitrogen and oxygen atoms in total. The summed E-state index contributed by atoms with van der Waals surface area (Å²) in [5.74, 6) is 0.522. The van der Waals surface area contributed by atoms with Crippen LogP contribution in [0.25, 0.3) is 0 Å². The molecule has 0 spiro atoms. The zero-order valence-electron chi connectivity index (χ0n) is 11.3. The number of carbonyl (C=O) groups is 1. The van der Waals surface area contributed by atoms with Crippen molar-refractivity contribution in [3.05, 3.63) is 6.07 Å². The van der Waals surface area contributed by atoms with Crippen molar-refractivity contribution in [2.45, 2.75) is 36.3 Å². The Labute approximate surface area is 121 Å². The summed E-state index contributed by atoms with van der Waals surface area (Å²) in [6.45, 7) is 3.11. The smallest absolute Gasteiger partial charge is 0.233 e. The number of thioether (sulfide) groups is 1. The topological polar surface area (TPSA) is 116 Å². The lowest BCUT2D eigenvalue weighted by Crippen LogP contribution is -2.36. The van der Waals surface area contributed by atoms with Crippen molar-refractivity contribution in [3.8, 4) is 0 Å². The molecule has 1 aromatic heterocycles. The molecule has 0 bridgehead atoms. The van der Waals surface area contributed by atoms with E-state index in [0.29, 0.717) is 23.3 Å². The van der Waals surface area contributed by atoms with E-state index >= 15 is 0 Å². The zero-order chi connectivity index (χ0) is 14.5. The molecule has 5 N–H and O–H groups in total. The van der Waals surface area contributed by atoms with Crippen molar-refractivity contribution in [2.75, 3.05) is 24.6 Å². The van der Waals surface area contributed by atoms with E-state index < -0.39 is 0 Å². The summed E-state index contributed by atoms with van der Waals surface area (Å²) >= 11 is 1.23. The fourth-order valence-corrected chi connectivity index (χ4v) is 2.71. The van der Waals surface area contributed by atoms with Crippen molar-refractivity contribution in [1.29, 1.82) is 0 Å². The molecule has 2 heterocycles. The van der Waals surface area contributed by atoms with Crippen LogP contribution >= 0.6 is 11.8 Å². The van der Waals surface area contributed by atoms with E-state index in [2.05, 4.69) is 15.3 Å². The van der Waals surface area contributed by atoms with Crippen molar-refractivity contribution >= 4 is 29.3 Å². The maximum absolute atomic E-state index is 12.0. The number of nitrogens with one attached hydrogen (secondary N) is 1. The predicted molar refractivity (Wildman–Crippen MR) is 78.2 cm³/mol. The summed E-state index contributed by atoms with van der Waals surface area (Å²) in [5.41, 5.74) is 11.2. The third-order valence-corrected chi connectivity index (χ3v) is 3.89. The molecule has 1 fully saturated rings. The van der Waals surface area contributed by atoms with E-state index in [0.717, 1.165) is 19.4 Å². The maximum atomic E-state index is 12.0. The molecule has 110 valence electrons. The number of ether oxygens (including phenoxy) is 1. The second kappa shape index (κ2) is 6.76. The van der Waals surface area contributed by atoms with E-state index in [4.69, 9.17) is 16.2 Å². The number of hydrogen-bond donors (Lipinski definition) is 3. The van der Waals surface area contributed by atoms with Crippen LogP contribution in [0.5, 0.6) is 0 Å². The van der Waals surface area contributed by atoms with Gasteiger partial charge in [0.15, 0.2) is 5.16 Å². The molecule has 1 aromatic rings. The minimum Gasteiger partial charge on any atom is -0.383 e. The highest BCUT2D eigenvalue weighted by atomic mass is 32.2. The largest absolute Gasteiger partial charge is 0.383 e. The van der Waals surface area contributed by atoms with Crippen LogP contribution in [0.2, 0.25) is 0 Å². The highest BCUT2D eigenvalue weighted by Gasteiger charge is 2.20. The molecule has 0 saturated carbocycles. The van der Waals surface area contributed by atoms with Crippen LogP contribution < -0.4 is 16.8 Å². The molecule has 8 heteroatoms. The van der Waals surface area contributed by atoms with Gasteiger partial charge in [-0.15, -0.1) is 0 Å². The Hall–Kier alpha value is -1.54. The van der Waals surface area contributed by atoms with Gasteiger partial charge >= 0.3 is 0 Å². The summed E-state index contributed by atoms with van der Waals surface area (Å²) < 4.78 is 5.45. The lowest BCUT2D eigenvalue weighted by atomic mass is 10.2. The average Bonchev–Trinajstić information content (AvgIpc) is 2.87. The number of nitrogen functional groups attached to an aromatic ring is 2. The van der Waals surface area contributed by atoms with Gasteiger partial charge in [0, 0.05) is 19.2 Å². The van der Waals surface area contributed by atoms with Crippen LogP contribution in [0, 0.1) is 0 Å². The molecular weight excluding hydrogens is 278 g/mol. The van der Waals surface area contributed by atoms with Crippen LogP contribution in [0.1, 0.15) is 19.8 Å². The molecule has 1 amide bonds. The fraction of sp³-hybridized carbons (Fsp3) is 0.583. The Morgan fingerprint density at radius 3 is 2.85 bits per heavy atom. The molecule has 0 unspecified atom stereocenters. The summed E-state index contributed by atoms with van der Waals surface area (Å²) in [5, 5.41) is 2.95. The Bertz CT molecular complexity index is 459. The lowest BCUT2D eigenvalue weighted by molar-refractivity contribution is -0.120. The second-order valence-electron chi connectivity index (χ2n) is 4.64. The van der Waals surface area contributed by atoms with Crippen LogP contribution in [0.15, 0.2) is 11.2 Å². The van der Waals surface area contributed by atoms with Crippen molar-refractivity contribution in [3.63, 3.8) is 0 Å². The van der Waals surface area contributed by atoms with Gasteiger partial charge in [-0.05, 0) is 19.8 Å². The molecule has 0 aromatic carbocycles. The quantitative estimate of drug-likeness (QED) is 0.532. The molecule has 1 aliphatic rings. The molecule has 20 heavy (non-hydrogen) atoms. The SMILES string of the molecule is C[C@H](Sc1nc(N)cc(N)n1)C(=O)NC[C@@H]1CCCO1. The number of amides is 1. The maximum Gasteiger partial charge on any atom is 0.233 e. The van der Waals surface area contributed by atoms with E-state index in [1.807, 2.05) is 0 Å². The monoisotopic (exact) mass is 297 g/mol. The van der Waals surface area contributed by atoms with E-state index in [1.54, 1.807) is 6.92 Å². The molecule has 0 aliphatic carbocycles. The van der Waals surface area contributed by atoms with Crippen molar-refractivity contribution < 1.29 is 9.53 Å². The lowest BCUT2D eigenvalue weighted by Gasteiger charge is -2.14. The average molecular weight is 297 g/mol. The van der Waals surface area contributed by atoms with Crippen LogP contribution in [0.3, 0.4) is 0 Å². The number of aromatic nitrogens is 2. The third-order valence-electron chi connectivity index (χ3n) is 2.92. The van der Waals surface area contributed by atoms with Gasteiger partial charge < -0.3 is 21.5 Å². The van der Waals surface area contributed by atoms with Crippen LogP contribution in [-0.2, 0) is 9.53 Å². The number of rotatable bonds is 5. The summed E-state index contributed by atoms with van der Waals surface area (Å²) in [7, 11) is 0. The summed E-state index contributed by atoms with van der Waals surface area (Å²) in [6, 6.07) is 1.48. The van der Waals surface area contributed by atoms with Crippen molar-refractivity contribution in [2.24, 2.45) is 0 Å². The molecule has 0 radical (unpaired) electrons. The number of nitrogens with zero attached hydrogens (tertiary/aromatic N) is 2. The minimum absolute atomic E-state index is 0.0740. The number of carbonyl (C=O) groups excluding carboxylic acids is 1. The Morgan fingerprint density at radius 2 is 2.25 bits per heavy atom. The second-order valence-corrected chi connectivity index (χ2v) is 5.95. The number of hydrogen-bond acceptors (Lipinski definition) is 7. The normalized spacial score (nSPS) is 19.8. The summed E-state index contributed by atoms with van der Waals surface area (Å²) in [6.07, 6.45) is 2.19. The van der Waals surface area contributed by atoms with Gasteiger partial charge in [0.05, 0.1) is 11.4 Å². The number of anilines is 2. The van der Waals surface area contributed by atoms with E-state index in [1.165, 1.54) is 17.8 Å². The Kier molecular flexibility index (Phi) is 5.02. The highest BCUT2D eigenvalue weighted by Crippen LogP contribution is 2.21. The summed E-state index contributed by atoms with van der Waals surface area (Å²) in [4.78, 5) is 20.0. The van der Waals surface area contributed by atoms with Gasteiger partial charge in [-0.2, -0.15) is 0 Å². The molecular formula is C12H19N5O2S. The van der Waals surface area contributed by atoms with E-state index in [9.17, 15) is 4.79 Å². The zero-order valence-corrected chi connectivity index (χ0v) is 12.2. The van der Waals surface area contributed by atoms with Gasteiger partial charge in [0.25, 0.3) is 0 Å². The van der Waals surface area contributed by atoms with Gasteiger partial charge in [-0.25, -0.2) is 9.97 Å². The fourth-order valence-electron chi connectivity index (χ4n) is 1.89. The predicted octanol–water partition coefficient (Wildman–Crippen LogP) is 0.417. The first kappa shape index (κ1) is 14.9. The molecule has 1 saturated heterocycles. The number of nitrogens with two attached hydrogens (primary N) is 2. The first-order valence-corrected chi connectivity index (χ1v) is 7.38. The van der Waals surface area contributed by atoms with Gasteiger partial charge in [0.2, 0.25) is 5.91 Å². The molecule has 2 rings (SSSR count). The Morgan fingerprint density at radius 1 is 1.55 bits per heavy atom. The van der Waals surface area contributed by atoms with Gasteiger partial charge in [-0.1, -0.05) is 11.8 Å². The van der Waals surface area contributed by atoms with Crippen molar-refractivity contribution in [1.82, 2.24) is 15.3 Å². The molecule has 2 atom stereocenters. The van der Waals surface area contributed by atoms with Crippen LogP contribution in [-0.4, -0.2) is 40.4 Å². The first-order chi connectivity index (χ1) is 9.54.